The van der Waals surface area contributed by atoms with Crippen LogP contribution in [0.2, 0.25) is 0 Å². The SMILES string of the molecule is COc1cccc(CNc2ccc(-c3nc(-c4ccc(F)cc4)no3)cn2)c1. The van der Waals surface area contributed by atoms with Crippen LogP contribution in [0.15, 0.2) is 71.4 Å². The van der Waals surface area contributed by atoms with Crippen LogP contribution in [0.5, 0.6) is 5.75 Å². The number of halogens is 1. The topological polar surface area (TPSA) is 73.1 Å². The zero-order valence-corrected chi connectivity index (χ0v) is 15.1. The summed E-state index contributed by atoms with van der Waals surface area (Å²) in [5.74, 6) is 1.98. The van der Waals surface area contributed by atoms with Gasteiger partial charge in [0.15, 0.2) is 0 Å². The van der Waals surface area contributed by atoms with Crippen LogP contribution in [0.3, 0.4) is 0 Å². The zero-order valence-electron chi connectivity index (χ0n) is 15.1. The smallest absolute Gasteiger partial charge is 0.259 e. The van der Waals surface area contributed by atoms with E-state index in [-0.39, 0.29) is 5.82 Å². The second kappa shape index (κ2) is 7.87. The number of rotatable bonds is 6. The largest absolute Gasteiger partial charge is 0.497 e. The highest BCUT2D eigenvalue weighted by Gasteiger charge is 2.11. The van der Waals surface area contributed by atoms with Crippen molar-refractivity contribution in [1.29, 1.82) is 0 Å². The van der Waals surface area contributed by atoms with Crippen molar-refractivity contribution in [3.05, 3.63) is 78.2 Å². The second-order valence-corrected chi connectivity index (χ2v) is 6.07. The van der Waals surface area contributed by atoms with Crippen LogP contribution < -0.4 is 10.1 Å². The van der Waals surface area contributed by atoms with Crippen LogP contribution in [-0.2, 0) is 6.54 Å². The summed E-state index contributed by atoms with van der Waals surface area (Å²) < 4.78 is 23.6. The fourth-order valence-electron chi connectivity index (χ4n) is 2.66. The van der Waals surface area contributed by atoms with Crippen molar-refractivity contribution in [3.8, 4) is 28.6 Å². The first-order valence-electron chi connectivity index (χ1n) is 8.64. The Hall–Kier alpha value is -3.74. The molecule has 0 saturated heterocycles. The predicted molar refractivity (Wildman–Crippen MR) is 103 cm³/mol. The van der Waals surface area contributed by atoms with Gasteiger partial charge in [-0.3, -0.25) is 0 Å². The Morgan fingerprint density at radius 3 is 2.61 bits per heavy atom. The Balaban J connectivity index is 1.44. The van der Waals surface area contributed by atoms with Crippen LogP contribution in [0.1, 0.15) is 5.56 Å². The molecule has 0 aliphatic heterocycles. The summed E-state index contributed by atoms with van der Waals surface area (Å²) in [6.07, 6.45) is 1.66. The quantitative estimate of drug-likeness (QED) is 0.532. The molecule has 7 heteroatoms. The molecule has 0 amide bonds. The second-order valence-electron chi connectivity index (χ2n) is 6.07. The molecule has 2 heterocycles. The minimum Gasteiger partial charge on any atom is -0.497 e. The molecule has 6 nitrogen and oxygen atoms in total. The van der Waals surface area contributed by atoms with Gasteiger partial charge in [0, 0.05) is 18.3 Å². The molecule has 0 aliphatic rings. The third-order valence-corrected chi connectivity index (χ3v) is 4.15. The third-order valence-electron chi connectivity index (χ3n) is 4.15. The minimum atomic E-state index is -0.311. The van der Waals surface area contributed by atoms with Crippen molar-refractivity contribution in [2.24, 2.45) is 0 Å². The van der Waals surface area contributed by atoms with E-state index in [1.165, 1.54) is 12.1 Å². The van der Waals surface area contributed by atoms with E-state index < -0.39 is 0 Å². The summed E-state index contributed by atoms with van der Waals surface area (Å²) in [7, 11) is 1.64. The van der Waals surface area contributed by atoms with Crippen LogP contribution >= 0.6 is 0 Å². The standard InChI is InChI=1S/C21H17FN4O2/c1-27-18-4-2-3-14(11-18)12-23-19-10-7-16(13-24-19)21-25-20(26-28-21)15-5-8-17(22)9-6-15/h2-11,13H,12H2,1H3,(H,23,24). The van der Waals surface area contributed by atoms with Crippen molar-refractivity contribution < 1.29 is 13.7 Å². The van der Waals surface area contributed by atoms with E-state index >= 15 is 0 Å². The molecule has 0 radical (unpaired) electrons. The summed E-state index contributed by atoms with van der Waals surface area (Å²) in [4.78, 5) is 8.73. The van der Waals surface area contributed by atoms with E-state index in [4.69, 9.17) is 9.26 Å². The van der Waals surface area contributed by atoms with Gasteiger partial charge in [-0.1, -0.05) is 17.3 Å². The zero-order chi connectivity index (χ0) is 19.3. The van der Waals surface area contributed by atoms with Gasteiger partial charge in [-0.2, -0.15) is 4.98 Å². The van der Waals surface area contributed by atoms with Gasteiger partial charge in [0.2, 0.25) is 5.82 Å². The number of hydrogen-bond acceptors (Lipinski definition) is 6. The number of anilines is 1. The van der Waals surface area contributed by atoms with Crippen molar-refractivity contribution in [1.82, 2.24) is 15.1 Å². The number of nitrogens with one attached hydrogen (secondary N) is 1. The number of methoxy groups -OCH3 is 1. The van der Waals surface area contributed by atoms with Gasteiger partial charge < -0.3 is 14.6 Å². The number of pyridine rings is 1. The maximum atomic E-state index is 13.0. The fourth-order valence-corrected chi connectivity index (χ4v) is 2.66. The lowest BCUT2D eigenvalue weighted by Gasteiger charge is -2.07. The highest BCUT2D eigenvalue weighted by atomic mass is 19.1. The first-order valence-corrected chi connectivity index (χ1v) is 8.64. The van der Waals surface area contributed by atoms with E-state index in [9.17, 15) is 4.39 Å². The number of hydrogen-bond donors (Lipinski definition) is 1. The lowest BCUT2D eigenvalue weighted by molar-refractivity contribution is 0.414. The summed E-state index contributed by atoms with van der Waals surface area (Å²) in [6, 6.07) is 17.4. The average molecular weight is 376 g/mol. The predicted octanol–water partition coefficient (Wildman–Crippen LogP) is 4.56. The molecular formula is C21H17FN4O2. The van der Waals surface area contributed by atoms with Crippen molar-refractivity contribution in [2.75, 3.05) is 12.4 Å². The summed E-state index contributed by atoms with van der Waals surface area (Å²) in [6.45, 7) is 0.624. The van der Waals surface area contributed by atoms with Gasteiger partial charge in [-0.25, -0.2) is 9.37 Å². The van der Waals surface area contributed by atoms with Crippen LogP contribution in [0.25, 0.3) is 22.8 Å². The van der Waals surface area contributed by atoms with Crippen molar-refractivity contribution >= 4 is 5.82 Å². The van der Waals surface area contributed by atoms with Gasteiger partial charge in [0.05, 0.1) is 12.7 Å². The molecular weight excluding hydrogens is 359 g/mol. The summed E-state index contributed by atoms with van der Waals surface area (Å²) >= 11 is 0. The highest BCUT2D eigenvalue weighted by Crippen LogP contribution is 2.23. The van der Waals surface area contributed by atoms with Crippen LogP contribution in [0, 0.1) is 5.82 Å². The molecule has 0 spiro atoms. The number of benzene rings is 2. The normalized spacial score (nSPS) is 10.6. The van der Waals surface area contributed by atoms with E-state index in [0.717, 1.165) is 17.1 Å². The monoisotopic (exact) mass is 376 g/mol. The third kappa shape index (κ3) is 3.98. The maximum absolute atomic E-state index is 13.0. The lowest BCUT2D eigenvalue weighted by atomic mass is 10.2. The summed E-state index contributed by atoms with van der Waals surface area (Å²) in [5, 5.41) is 7.20. The highest BCUT2D eigenvalue weighted by molar-refractivity contribution is 5.60. The molecule has 2 aromatic heterocycles. The number of nitrogens with zero attached hydrogens (tertiary/aromatic N) is 3. The molecule has 0 aliphatic carbocycles. The van der Waals surface area contributed by atoms with Gasteiger partial charge in [0.25, 0.3) is 5.89 Å². The Kier molecular flexibility index (Phi) is 4.97. The fraction of sp³-hybridized carbons (Fsp3) is 0.0952. The molecule has 28 heavy (non-hydrogen) atoms. The van der Waals surface area contributed by atoms with Crippen LogP contribution in [0.4, 0.5) is 10.2 Å². The lowest BCUT2D eigenvalue weighted by Crippen LogP contribution is -2.01. The Bertz CT molecular complexity index is 1060. The first-order chi connectivity index (χ1) is 13.7. The molecule has 0 saturated carbocycles. The molecule has 4 aromatic rings. The molecule has 0 fully saturated rings. The molecule has 4 rings (SSSR count). The molecule has 0 atom stereocenters. The average Bonchev–Trinajstić information content (AvgIpc) is 3.23. The van der Waals surface area contributed by atoms with E-state index in [1.54, 1.807) is 25.4 Å². The summed E-state index contributed by atoms with van der Waals surface area (Å²) in [5.41, 5.74) is 2.47. The van der Waals surface area contributed by atoms with Gasteiger partial charge in [0.1, 0.15) is 17.4 Å². The Morgan fingerprint density at radius 1 is 1.04 bits per heavy atom. The first kappa shape index (κ1) is 17.7. The van der Waals surface area contributed by atoms with E-state index in [1.807, 2.05) is 36.4 Å². The minimum absolute atomic E-state index is 0.311. The maximum Gasteiger partial charge on any atom is 0.259 e. The van der Waals surface area contributed by atoms with Gasteiger partial charge >= 0.3 is 0 Å². The molecule has 1 N–H and O–H groups in total. The molecule has 140 valence electrons. The number of ether oxygens (including phenoxy) is 1. The van der Waals surface area contributed by atoms with Gasteiger partial charge in [-0.15, -0.1) is 0 Å². The van der Waals surface area contributed by atoms with E-state index in [2.05, 4.69) is 20.4 Å². The van der Waals surface area contributed by atoms with Crippen molar-refractivity contribution in [2.45, 2.75) is 6.54 Å². The molecule has 2 aromatic carbocycles. The van der Waals surface area contributed by atoms with Gasteiger partial charge in [-0.05, 0) is 54.1 Å². The molecule has 0 bridgehead atoms. The Labute approximate surface area is 161 Å². The van der Waals surface area contributed by atoms with Crippen LogP contribution in [-0.4, -0.2) is 22.2 Å². The molecule has 0 unspecified atom stereocenters. The van der Waals surface area contributed by atoms with Crippen molar-refractivity contribution in [3.63, 3.8) is 0 Å². The number of aromatic nitrogens is 3. The Morgan fingerprint density at radius 2 is 1.86 bits per heavy atom. The van der Waals surface area contributed by atoms with E-state index in [0.29, 0.717) is 29.4 Å².